The van der Waals surface area contributed by atoms with Crippen molar-refractivity contribution in [3.8, 4) is 11.4 Å². The molecule has 5 rings (SSSR count). The zero-order chi connectivity index (χ0) is 23.7. The van der Waals surface area contributed by atoms with Gasteiger partial charge in [-0.15, -0.1) is 5.10 Å². The number of morpholine rings is 1. The van der Waals surface area contributed by atoms with Crippen molar-refractivity contribution in [2.75, 3.05) is 38.7 Å². The Morgan fingerprint density at radius 2 is 1.91 bits per heavy atom. The SMILES string of the molecule is Cc1nnc(N(C)C)c2nn(-c3cccc(O[C@@H](c4ccccc4)C4CNCCO4)c3)c(C)c12. The van der Waals surface area contributed by atoms with Crippen molar-refractivity contribution in [3.63, 3.8) is 0 Å². The fourth-order valence-corrected chi connectivity index (χ4v) is 4.48. The first kappa shape index (κ1) is 22.3. The van der Waals surface area contributed by atoms with Crippen LogP contribution >= 0.6 is 0 Å². The third-order valence-corrected chi connectivity index (χ3v) is 6.16. The van der Waals surface area contributed by atoms with Gasteiger partial charge in [0, 0.05) is 33.3 Å². The highest BCUT2D eigenvalue weighted by molar-refractivity contribution is 5.92. The van der Waals surface area contributed by atoms with Crippen molar-refractivity contribution in [3.05, 3.63) is 71.5 Å². The van der Waals surface area contributed by atoms with E-state index in [0.29, 0.717) is 6.61 Å². The van der Waals surface area contributed by atoms with E-state index < -0.39 is 0 Å². The minimum atomic E-state index is -0.224. The van der Waals surface area contributed by atoms with Gasteiger partial charge in [0.15, 0.2) is 11.9 Å². The molecule has 176 valence electrons. The molecule has 1 aliphatic rings. The van der Waals surface area contributed by atoms with Gasteiger partial charge in [-0.05, 0) is 31.5 Å². The monoisotopic (exact) mass is 458 g/mol. The molecule has 0 spiro atoms. The summed E-state index contributed by atoms with van der Waals surface area (Å²) in [4.78, 5) is 1.94. The number of benzene rings is 2. The minimum absolute atomic E-state index is 0.0729. The van der Waals surface area contributed by atoms with Gasteiger partial charge < -0.3 is 19.7 Å². The van der Waals surface area contributed by atoms with Crippen LogP contribution in [0.3, 0.4) is 0 Å². The number of rotatable bonds is 6. The van der Waals surface area contributed by atoms with Crippen molar-refractivity contribution in [2.45, 2.75) is 26.1 Å². The predicted octanol–water partition coefficient (Wildman–Crippen LogP) is 3.61. The molecule has 8 nitrogen and oxygen atoms in total. The zero-order valence-corrected chi connectivity index (χ0v) is 20.0. The third-order valence-electron chi connectivity index (χ3n) is 6.16. The van der Waals surface area contributed by atoms with Crippen molar-refractivity contribution >= 4 is 16.7 Å². The number of fused-ring (bicyclic) bond motifs is 1. The molecule has 2 atom stereocenters. The van der Waals surface area contributed by atoms with E-state index in [1.807, 2.05) is 73.1 Å². The lowest BCUT2D eigenvalue weighted by atomic mass is 10.0. The van der Waals surface area contributed by atoms with E-state index in [4.69, 9.17) is 14.6 Å². The Kier molecular flexibility index (Phi) is 6.17. The van der Waals surface area contributed by atoms with Crippen molar-refractivity contribution < 1.29 is 9.47 Å². The standard InChI is InChI=1S/C26H30N6O2/c1-17-23-18(2)32(30-24(23)26(29-28-17)31(3)4)20-11-8-12-21(15-20)34-25(19-9-6-5-7-10-19)22-16-27-13-14-33-22/h5-12,15,22,25,27H,13-14,16H2,1-4H3/t22?,25-/m0/s1. The zero-order valence-electron chi connectivity index (χ0n) is 20.0. The van der Waals surface area contributed by atoms with Gasteiger partial charge >= 0.3 is 0 Å². The van der Waals surface area contributed by atoms with Gasteiger partial charge in [0.25, 0.3) is 0 Å². The van der Waals surface area contributed by atoms with Crippen LogP contribution in [0.5, 0.6) is 5.75 Å². The van der Waals surface area contributed by atoms with Crippen LogP contribution in [-0.4, -0.2) is 59.9 Å². The second-order valence-electron chi connectivity index (χ2n) is 8.78. The summed E-state index contributed by atoms with van der Waals surface area (Å²) in [7, 11) is 3.90. The Morgan fingerprint density at radius 1 is 1.09 bits per heavy atom. The van der Waals surface area contributed by atoms with E-state index in [2.05, 4.69) is 34.6 Å². The fourth-order valence-electron chi connectivity index (χ4n) is 4.48. The van der Waals surface area contributed by atoms with Gasteiger partial charge in [0.05, 0.1) is 29.1 Å². The average Bonchev–Trinajstić information content (AvgIpc) is 3.21. The largest absolute Gasteiger partial charge is 0.483 e. The van der Waals surface area contributed by atoms with E-state index in [0.717, 1.165) is 58.2 Å². The summed E-state index contributed by atoms with van der Waals surface area (Å²) in [6.07, 6.45) is -0.297. The molecule has 0 bridgehead atoms. The highest BCUT2D eigenvalue weighted by Gasteiger charge is 2.28. The molecule has 0 amide bonds. The summed E-state index contributed by atoms with van der Waals surface area (Å²) in [5.41, 5.74) is 4.73. The molecule has 0 radical (unpaired) electrons. The van der Waals surface area contributed by atoms with Gasteiger partial charge in [-0.25, -0.2) is 4.68 Å². The van der Waals surface area contributed by atoms with Crippen LogP contribution in [0.25, 0.3) is 16.6 Å². The topological polar surface area (TPSA) is 77.3 Å². The second kappa shape index (κ2) is 9.40. The maximum atomic E-state index is 6.56. The molecule has 0 aliphatic carbocycles. The molecule has 1 N–H and O–H groups in total. The van der Waals surface area contributed by atoms with E-state index in [1.54, 1.807) is 0 Å². The number of hydrogen-bond acceptors (Lipinski definition) is 7. The summed E-state index contributed by atoms with van der Waals surface area (Å²) in [5.74, 6) is 1.52. The summed E-state index contributed by atoms with van der Waals surface area (Å²) in [5, 5.41) is 18.1. The Hall–Kier alpha value is -3.49. The highest BCUT2D eigenvalue weighted by Crippen LogP contribution is 2.31. The molecule has 2 aromatic heterocycles. The Balaban J connectivity index is 1.52. The quantitative estimate of drug-likeness (QED) is 0.473. The molecule has 34 heavy (non-hydrogen) atoms. The fraction of sp³-hybridized carbons (Fsp3) is 0.346. The Labute approximate surface area is 199 Å². The van der Waals surface area contributed by atoms with Gasteiger partial charge in [-0.1, -0.05) is 36.4 Å². The van der Waals surface area contributed by atoms with Gasteiger partial charge in [0.1, 0.15) is 17.4 Å². The lowest BCUT2D eigenvalue weighted by molar-refractivity contribution is -0.0432. The number of hydrogen-bond donors (Lipinski definition) is 1. The molecule has 3 heterocycles. The van der Waals surface area contributed by atoms with Crippen molar-refractivity contribution in [1.29, 1.82) is 0 Å². The summed E-state index contributed by atoms with van der Waals surface area (Å²) in [6.45, 7) is 6.31. The summed E-state index contributed by atoms with van der Waals surface area (Å²) >= 11 is 0. The van der Waals surface area contributed by atoms with E-state index in [-0.39, 0.29) is 12.2 Å². The van der Waals surface area contributed by atoms with Crippen molar-refractivity contribution in [2.24, 2.45) is 0 Å². The molecule has 1 saturated heterocycles. The van der Waals surface area contributed by atoms with Crippen LogP contribution in [0.2, 0.25) is 0 Å². The van der Waals surface area contributed by atoms with E-state index >= 15 is 0 Å². The smallest absolute Gasteiger partial charge is 0.179 e. The first-order chi connectivity index (χ1) is 16.5. The number of aromatic nitrogens is 4. The molecule has 2 aromatic carbocycles. The first-order valence-electron chi connectivity index (χ1n) is 11.6. The molecular formula is C26H30N6O2. The Bertz CT molecular complexity index is 1280. The second-order valence-corrected chi connectivity index (χ2v) is 8.78. The lowest BCUT2D eigenvalue weighted by Crippen LogP contribution is -2.43. The predicted molar refractivity (Wildman–Crippen MR) is 133 cm³/mol. The summed E-state index contributed by atoms with van der Waals surface area (Å²) < 4.78 is 14.6. The van der Waals surface area contributed by atoms with E-state index in [1.165, 1.54) is 0 Å². The number of aryl methyl sites for hydroxylation is 2. The maximum absolute atomic E-state index is 6.56. The lowest BCUT2D eigenvalue weighted by Gasteiger charge is -2.31. The van der Waals surface area contributed by atoms with Gasteiger partial charge in [-0.3, -0.25) is 0 Å². The minimum Gasteiger partial charge on any atom is -0.483 e. The van der Waals surface area contributed by atoms with Crippen LogP contribution < -0.4 is 15.0 Å². The highest BCUT2D eigenvalue weighted by atomic mass is 16.5. The number of nitrogens with zero attached hydrogens (tertiary/aromatic N) is 5. The molecule has 1 aliphatic heterocycles. The molecule has 1 unspecified atom stereocenters. The average molecular weight is 459 g/mol. The van der Waals surface area contributed by atoms with Crippen LogP contribution in [0.1, 0.15) is 23.1 Å². The van der Waals surface area contributed by atoms with Gasteiger partial charge in [0.2, 0.25) is 0 Å². The molecule has 1 fully saturated rings. The van der Waals surface area contributed by atoms with E-state index in [9.17, 15) is 0 Å². The molecule has 4 aromatic rings. The number of anilines is 1. The maximum Gasteiger partial charge on any atom is 0.179 e. The number of ether oxygens (including phenoxy) is 2. The first-order valence-corrected chi connectivity index (χ1v) is 11.6. The summed E-state index contributed by atoms with van der Waals surface area (Å²) in [6, 6.07) is 18.3. The molecular weight excluding hydrogens is 428 g/mol. The van der Waals surface area contributed by atoms with Crippen LogP contribution in [0.15, 0.2) is 54.6 Å². The number of nitrogens with one attached hydrogen (secondary N) is 1. The van der Waals surface area contributed by atoms with Crippen LogP contribution in [0.4, 0.5) is 5.82 Å². The van der Waals surface area contributed by atoms with Gasteiger partial charge in [-0.2, -0.15) is 10.2 Å². The van der Waals surface area contributed by atoms with Crippen LogP contribution in [-0.2, 0) is 4.74 Å². The normalized spacial score (nSPS) is 17.0. The Morgan fingerprint density at radius 3 is 2.65 bits per heavy atom. The molecule has 8 heteroatoms. The third kappa shape index (κ3) is 4.22. The molecule has 0 saturated carbocycles. The van der Waals surface area contributed by atoms with Crippen molar-refractivity contribution in [1.82, 2.24) is 25.3 Å². The van der Waals surface area contributed by atoms with Crippen LogP contribution in [0, 0.1) is 13.8 Å².